The van der Waals surface area contributed by atoms with Crippen LogP contribution in [0.1, 0.15) is 68.4 Å². The number of pyridine rings is 1. The molecule has 0 bridgehead atoms. The normalized spacial score (nSPS) is 11.9. The molecule has 3 N–H and O–H groups in total. The van der Waals surface area contributed by atoms with E-state index in [1.165, 1.54) is 36.8 Å². The second kappa shape index (κ2) is 12.1. The molecule has 2 amide bonds. The zero-order chi connectivity index (χ0) is 19.3. The molecular weight excluding hydrogens is 338 g/mol. The van der Waals surface area contributed by atoms with Gasteiger partial charge in [-0.2, -0.15) is 0 Å². The number of unbranched alkanes of at least 4 members (excludes halogenated alkanes) is 6. The number of rotatable bonds is 12. The molecule has 2 aromatic rings. The maximum atomic E-state index is 10.7. The molecule has 1 aromatic heterocycles. The van der Waals surface area contributed by atoms with Crippen molar-refractivity contribution in [3.63, 3.8) is 0 Å². The van der Waals surface area contributed by atoms with Gasteiger partial charge >= 0.3 is 6.03 Å². The lowest BCUT2D eigenvalue weighted by atomic mass is 9.87. The van der Waals surface area contributed by atoms with E-state index in [9.17, 15) is 10.0 Å². The molecule has 0 saturated carbocycles. The standard InChI is InChI=1S/C22H31N3O2/c23-22(26)25(27)17-10-5-3-1-2-4-9-15-21(19-12-7-6-8-13-19)20-14-11-16-24-18-20/h6-8,11-14,16,18,21,27H,1-5,9-10,15,17H2,(H2,23,26). The third-order valence-corrected chi connectivity index (χ3v) is 4.91. The first-order chi connectivity index (χ1) is 13.2. The van der Waals surface area contributed by atoms with Crippen molar-refractivity contribution in [2.45, 2.75) is 57.3 Å². The average molecular weight is 370 g/mol. The zero-order valence-electron chi connectivity index (χ0n) is 16.0. The monoisotopic (exact) mass is 369 g/mol. The van der Waals surface area contributed by atoms with E-state index in [1.54, 1.807) is 0 Å². The molecule has 5 nitrogen and oxygen atoms in total. The van der Waals surface area contributed by atoms with Crippen LogP contribution in [0, 0.1) is 0 Å². The Morgan fingerprint density at radius 1 is 0.926 bits per heavy atom. The number of benzene rings is 1. The second-order valence-corrected chi connectivity index (χ2v) is 6.97. The molecule has 2 rings (SSSR count). The first-order valence-electron chi connectivity index (χ1n) is 9.89. The van der Waals surface area contributed by atoms with Gasteiger partial charge in [-0.3, -0.25) is 10.2 Å². The number of hydrogen-bond acceptors (Lipinski definition) is 3. The maximum absolute atomic E-state index is 10.7. The summed E-state index contributed by atoms with van der Waals surface area (Å²) in [7, 11) is 0. The van der Waals surface area contributed by atoms with Crippen LogP contribution >= 0.6 is 0 Å². The highest BCUT2D eigenvalue weighted by Crippen LogP contribution is 2.29. The fraction of sp³-hybridized carbons (Fsp3) is 0.455. The molecule has 0 saturated heterocycles. The molecule has 0 aliphatic heterocycles. The van der Waals surface area contributed by atoms with Crippen molar-refractivity contribution < 1.29 is 10.0 Å². The van der Waals surface area contributed by atoms with Gasteiger partial charge in [-0.1, -0.05) is 74.9 Å². The predicted molar refractivity (Wildman–Crippen MR) is 108 cm³/mol. The third kappa shape index (κ3) is 7.79. The largest absolute Gasteiger partial charge is 0.350 e. The van der Waals surface area contributed by atoms with E-state index in [-0.39, 0.29) is 0 Å². The van der Waals surface area contributed by atoms with E-state index in [1.807, 2.05) is 18.5 Å². The van der Waals surface area contributed by atoms with Crippen LogP contribution in [-0.4, -0.2) is 27.8 Å². The molecule has 0 radical (unpaired) electrons. The number of urea groups is 1. The van der Waals surface area contributed by atoms with Gasteiger partial charge in [0.15, 0.2) is 0 Å². The van der Waals surface area contributed by atoms with Crippen molar-refractivity contribution in [3.8, 4) is 0 Å². The van der Waals surface area contributed by atoms with E-state index >= 15 is 0 Å². The summed E-state index contributed by atoms with van der Waals surface area (Å²) in [6.07, 6.45) is 12.7. The maximum Gasteiger partial charge on any atom is 0.338 e. The van der Waals surface area contributed by atoms with Gasteiger partial charge in [-0.05, 0) is 30.0 Å². The number of hydrogen-bond donors (Lipinski definition) is 2. The van der Waals surface area contributed by atoms with E-state index in [2.05, 4.69) is 41.4 Å². The van der Waals surface area contributed by atoms with Crippen molar-refractivity contribution >= 4 is 6.03 Å². The average Bonchev–Trinajstić information content (AvgIpc) is 2.70. The molecule has 146 valence electrons. The van der Waals surface area contributed by atoms with Crippen LogP contribution in [0.4, 0.5) is 4.79 Å². The molecule has 1 heterocycles. The van der Waals surface area contributed by atoms with Crippen LogP contribution in [0.3, 0.4) is 0 Å². The van der Waals surface area contributed by atoms with Crippen LogP contribution in [0.15, 0.2) is 54.9 Å². The van der Waals surface area contributed by atoms with Crippen LogP contribution < -0.4 is 5.73 Å². The first-order valence-corrected chi connectivity index (χ1v) is 9.89. The molecule has 27 heavy (non-hydrogen) atoms. The molecule has 0 fully saturated rings. The molecule has 5 heteroatoms. The summed E-state index contributed by atoms with van der Waals surface area (Å²) in [5.74, 6) is 0.407. The quantitative estimate of drug-likeness (QED) is 0.310. The van der Waals surface area contributed by atoms with Gasteiger partial charge < -0.3 is 5.73 Å². The van der Waals surface area contributed by atoms with Crippen LogP contribution in [0.2, 0.25) is 0 Å². The minimum Gasteiger partial charge on any atom is -0.350 e. The lowest BCUT2D eigenvalue weighted by Gasteiger charge is -2.17. The predicted octanol–water partition coefficient (Wildman–Crippen LogP) is 5.10. The van der Waals surface area contributed by atoms with Crippen molar-refractivity contribution in [3.05, 3.63) is 66.0 Å². The van der Waals surface area contributed by atoms with E-state index in [0.29, 0.717) is 17.5 Å². The van der Waals surface area contributed by atoms with Gasteiger partial charge in [0.2, 0.25) is 0 Å². The number of hydroxylamine groups is 2. The van der Waals surface area contributed by atoms with Crippen molar-refractivity contribution in [1.29, 1.82) is 0 Å². The van der Waals surface area contributed by atoms with E-state index < -0.39 is 6.03 Å². The van der Waals surface area contributed by atoms with Crippen LogP contribution in [-0.2, 0) is 0 Å². The van der Waals surface area contributed by atoms with Gasteiger partial charge in [0.1, 0.15) is 0 Å². The highest BCUT2D eigenvalue weighted by atomic mass is 16.5. The Labute approximate surface area is 162 Å². The SMILES string of the molecule is NC(=O)N(O)CCCCCCCCCC(c1ccccc1)c1cccnc1. The fourth-order valence-electron chi connectivity index (χ4n) is 3.40. The van der Waals surface area contributed by atoms with Crippen molar-refractivity contribution in [1.82, 2.24) is 10.0 Å². The summed E-state index contributed by atoms with van der Waals surface area (Å²) in [5, 5.41) is 9.78. The van der Waals surface area contributed by atoms with Gasteiger partial charge in [0.05, 0.1) is 6.54 Å². The van der Waals surface area contributed by atoms with Gasteiger partial charge in [-0.15, -0.1) is 0 Å². The molecule has 1 unspecified atom stereocenters. The summed E-state index contributed by atoms with van der Waals surface area (Å²) in [4.78, 5) is 15.0. The Balaban J connectivity index is 1.66. The lowest BCUT2D eigenvalue weighted by Crippen LogP contribution is -2.33. The van der Waals surface area contributed by atoms with Gasteiger partial charge in [0.25, 0.3) is 0 Å². The van der Waals surface area contributed by atoms with Crippen molar-refractivity contribution in [2.24, 2.45) is 5.73 Å². The number of primary amides is 1. The number of carbonyl (C=O) groups excluding carboxylic acids is 1. The Bertz CT molecular complexity index is 610. The molecule has 1 atom stereocenters. The van der Waals surface area contributed by atoms with E-state index in [4.69, 9.17) is 5.73 Å². The zero-order valence-corrected chi connectivity index (χ0v) is 16.0. The number of carbonyl (C=O) groups is 1. The number of nitrogens with zero attached hydrogens (tertiary/aromatic N) is 2. The summed E-state index contributed by atoms with van der Waals surface area (Å²) in [6, 6.07) is 14.1. The number of amides is 2. The van der Waals surface area contributed by atoms with Crippen LogP contribution in [0.25, 0.3) is 0 Å². The highest BCUT2D eigenvalue weighted by molar-refractivity contribution is 5.70. The minimum atomic E-state index is -0.781. The first kappa shape index (κ1) is 20.9. The third-order valence-electron chi connectivity index (χ3n) is 4.91. The molecular formula is C22H31N3O2. The summed E-state index contributed by atoms with van der Waals surface area (Å²) < 4.78 is 0. The van der Waals surface area contributed by atoms with Gasteiger partial charge in [-0.25, -0.2) is 9.86 Å². The van der Waals surface area contributed by atoms with E-state index in [0.717, 1.165) is 25.7 Å². The van der Waals surface area contributed by atoms with Crippen molar-refractivity contribution in [2.75, 3.05) is 6.54 Å². The Morgan fingerprint density at radius 3 is 2.19 bits per heavy atom. The molecule has 0 aliphatic carbocycles. The Morgan fingerprint density at radius 2 is 1.56 bits per heavy atom. The number of nitrogens with two attached hydrogens (primary N) is 1. The Hall–Kier alpha value is -2.40. The summed E-state index contributed by atoms with van der Waals surface area (Å²) in [5.41, 5.74) is 7.61. The molecule has 1 aromatic carbocycles. The summed E-state index contributed by atoms with van der Waals surface area (Å²) >= 11 is 0. The van der Waals surface area contributed by atoms with Crippen LogP contribution in [0.5, 0.6) is 0 Å². The topological polar surface area (TPSA) is 79.5 Å². The fourth-order valence-corrected chi connectivity index (χ4v) is 3.40. The smallest absolute Gasteiger partial charge is 0.338 e. The second-order valence-electron chi connectivity index (χ2n) is 6.97. The molecule has 0 spiro atoms. The highest BCUT2D eigenvalue weighted by Gasteiger charge is 2.13. The lowest BCUT2D eigenvalue weighted by molar-refractivity contribution is -0.0403. The Kier molecular flexibility index (Phi) is 9.35. The van der Waals surface area contributed by atoms with Gasteiger partial charge in [0, 0.05) is 18.3 Å². The minimum absolute atomic E-state index is 0.319. The molecule has 0 aliphatic rings. The number of aromatic nitrogens is 1. The summed E-state index contributed by atoms with van der Waals surface area (Å²) in [6.45, 7) is 0.319.